The lowest BCUT2D eigenvalue weighted by atomic mass is 10.1. The molecule has 0 bridgehead atoms. The Labute approximate surface area is 146 Å². The zero-order chi connectivity index (χ0) is 18.2. The Balaban J connectivity index is 1.89. The van der Waals surface area contributed by atoms with Crippen molar-refractivity contribution < 1.29 is 14.4 Å². The van der Waals surface area contributed by atoms with Crippen LogP contribution in [-0.4, -0.2) is 24.3 Å². The third kappa shape index (κ3) is 5.76. The standard InChI is InChI=1S/C19H21N3O3/c1-3-17(23)21-15-8-5-9-16(11-15)22-18(24)12-20-19(25)14-7-4-6-13(2)10-14/h4-11H,3,12H2,1-2H3,(H,20,25)(H,21,23)(H,22,24). The van der Waals surface area contributed by atoms with E-state index in [1.54, 1.807) is 49.4 Å². The first kappa shape index (κ1) is 18.2. The highest BCUT2D eigenvalue weighted by atomic mass is 16.2. The highest BCUT2D eigenvalue weighted by Gasteiger charge is 2.09. The van der Waals surface area contributed by atoms with Crippen molar-refractivity contribution in [2.75, 3.05) is 17.2 Å². The second-order valence-electron chi connectivity index (χ2n) is 5.58. The lowest BCUT2D eigenvalue weighted by Gasteiger charge is -2.09. The molecular formula is C19H21N3O3. The summed E-state index contributed by atoms with van der Waals surface area (Å²) in [5, 5.41) is 7.99. The van der Waals surface area contributed by atoms with Gasteiger partial charge >= 0.3 is 0 Å². The predicted octanol–water partition coefficient (Wildman–Crippen LogP) is 2.71. The van der Waals surface area contributed by atoms with Crippen LogP contribution in [0.15, 0.2) is 48.5 Å². The van der Waals surface area contributed by atoms with Crippen LogP contribution in [-0.2, 0) is 9.59 Å². The number of hydrogen-bond acceptors (Lipinski definition) is 3. The van der Waals surface area contributed by atoms with E-state index in [4.69, 9.17) is 0 Å². The fourth-order valence-corrected chi connectivity index (χ4v) is 2.18. The second kappa shape index (κ2) is 8.63. The molecule has 2 aromatic rings. The summed E-state index contributed by atoms with van der Waals surface area (Å²) in [5.41, 5.74) is 2.64. The topological polar surface area (TPSA) is 87.3 Å². The van der Waals surface area contributed by atoms with Crippen LogP contribution in [0.25, 0.3) is 0 Å². The van der Waals surface area contributed by atoms with Gasteiger partial charge in [0.05, 0.1) is 6.54 Å². The maximum atomic E-state index is 12.0. The molecule has 130 valence electrons. The van der Waals surface area contributed by atoms with Crippen LogP contribution >= 0.6 is 0 Å². The summed E-state index contributed by atoms with van der Waals surface area (Å²) in [6.45, 7) is 3.52. The fourth-order valence-electron chi connectivity index (χ4n) is 2.18. The van der Waals surface area contributed by atoms with Gasteiger partial charge < -0.3 is 16.0 Å². The van der Waals surface area contributed by atoms with Gasteiger partial charge in [0, 0.05) is 23.4 Å². The zero-order valence-corrected chi connectivity index (χ0v) is 14.3. The van der Waals surface area contributed by atoms with Crippen molar-refractivity contribution >= 4 is 29.1 Å². The summed E-state index contributed by atoms with van der Waals surface area (Å²) in [4.78, 5) is 35.4. The SMILES string of the molecule is CCC(=O)Nc1cccc(NC(=O)CNC(=O)c2cccc(C)c2)c1. The Hall–Kier alpha value is -3.15. The molecule has 0 radical (unpaired) electrons. The Morgan fingerprint density at radius 1 is 0.880 bits per heavy atom. The number of amides is 3. The van der Waals surface area contributed by atoms with Gasteiger partial charge in [0.2, 0.25) is 11.8 Å². The third-order valence-electron chi connectivity index (χ3n) is 3.44. The van der Waals surface area contributed by atoms with Crippen LogP contribution in [0.2, 0.25) is 0 Å². The molecule has 0 spiro atoms. The molecule has 0 atom stereocenters. The van der Waals surface area contributed by atoms with E-state index < -0.39 is 0 Å². The molecule has 0 saturated heterocycles. The zero-order valence-electron chi connectivity index (χ0n) is 14.3. The predicted molar refractivity (Wildman–Crippen MR) is 97.5 cm³/mol. The van der Waals surface area contributed by atoms with Crippen LogP contribution in [0.3, 0.4) is 0 Å². The number of carbonyl (C=O) groups excluding carboxylic acids is 3. The van der Waals surface area contributed by atoms with Crippen molar-refractivity contribution in [3.63, 3.8) is 0 Å². The first-order valence-corrected chi connectivity index (χ1v) is 8.02. The monoisotopic (exact) mass is 339 g/mol. The average molecular weight is 339 g/mol. The summed E-state index contributed by atoms with van der Waals surface area (Å²) in [5.74, 6) is -0.753. The molecule has 0 saturated carbocycles. The van der Waals surface area contributed by atoms with Gasteiger partial charge in [0.15, 0.2) is 0 Å². The normalized spacial score (nSPS) is 10.0. The first-order valence-electron chi connectivity index (χ1n) is 8.02. The van der Waals surface area contributed by atoms with Crippen LogP contribution in [0, 0.1) is 6.92 Å². The van der Waals surface area contributed by atoms with Crippen LogP contribution in [0.1, 0.15) is 29.3 Å². The van der Waals surface area contributed by atoms with E-state index in [2.05, 4.69) is 16.0 Å². The minimum absolute atomic E-state index is 0.103. The van der Waals surface area contributed by atoms with Crippen molar-refractivity contribution in [1.82, 2.24) is 5.32 Å². The smallest absolute Gasteiger partial charge is 0.251 e. The van der Waals surface area contributed by atoms with Gasteiger partial charge in [0.25, 0.3) is 5.91 Å². The minimum atomic E-state index is -0.347. The van der Waals surface area contributed by atoms with Crippen LogP contribution < -0.4 is 16.0 Å². The van der Waals surface area contributed by atoms with E-state index in [-0.39, 0.29) is 24.3 Å². The fraction of sp³-hybridized carbons (Fsp3) is 0.211. The molecular weight excluding hydrogens is 318 g/mol. The van der Waals surface area contributed by atoms with Gasteiger partial charge in [-0.15, -0.1) is 0 Å². The molecule has 3 N–H and O–H groups in total. The lowest BCUT2D eigenvalue weighted by Crippen LogP contribution is -2.32. The van der Waals surface area contributed by atoms with Crippen LogP contribution in [0.4, 0.5) is 11.4 Å². The van der Waals surface area contributed by atoms with Crippen molar-refractivity contribution in [2.45, 2.75) is 20.3 Å². The van der Waals surface area contributed by atoms with E-state index >= 15 is 0 Å². The number of hydrogen-bond donors (Lipinski definition) is 3. The molecule has 0 aliphatic rings. The molecule has 0 aliphatic heterocycles. The molecule has 6 heteroatoms. The summed E-state index contributed by atoms with van der Waals surface area (Å²) < 4.78 is 0. The Kier molecular flexibility index (Phi) is 6.28. The Morgan fingerprint density at radius 3 is 2.16 bits per heavy atom. The Morgan fingerprint density at radius 2 is 1.52 bits per heavy atom. The summed E-state index contributed by atoms with van der Waals surface area (Å²) in [6.07, 6.45) is 0.377. The van der Waals surface area contributed by atoms with Gasteiger partial charge in [-0.2, -0.15) is 0 Å². The highest BCUT2D eigenvalue weighted by molar-refractivity contribution is 5.99. The molecule has 25 heavy (non-hydrogen) atoms. The number of benzene rings is 2. The van der Waals surface area contributed by atoms with Crippen molar-refractivity contribution in [3.05, 3.63) is 59.7 Å². The highest BCUT2D eigenvalue weighted by Crippen LogP contribution is 2.15. The Bertz CT molecular complexity index is 787. The van der Waals surface area contributed by atoms with Gasteiger partial charge in [-0.3, -0.25) is 14.4 Å². The van der Waals surface area contributed by atoms with Gasteiger partial charge in [-0.05, 0) is 37.3 Å². The third-order valence-corrected chi connectivity index (χ3v) is 3.44. The molecule has 0 aliphatic carbocycles. The van der Waals surface area contributed by atoms with Gasteiger partial charge in [-0.25, -0.2) is 0 Å². The van der Waals surface area contributed by atoms with E-state index in [1.807, 2.05) is 13.0 Å². The van der Waals surface area contributed by atoms with E-state index in [0.717, 1.165) is 5.56 Å². The van der Waals surface area contributed by atoms with Crippen molar-refractivity contribution in [2.24, 2.45) is 0 Å². The molecule has 2 rings (SSSR count). The maximum Gasteiger partial charge on any atom is 0.251 e. The largest absolute Gasteiger partial charge is 0.343 e. The molecule has 0 fully saturated rings. The number of aryl methyl sites for hydroxylation is 1. The molecule has 2 aromatic carbocycles. The second-order valence-corrected chi connectivity index (χ2v) is 5.58. The molecule has 0 aromatic heterocycles. The molecule has 0 unspecified atom stereocenters. The van der Waals surface area contributed by atoms with Crippen LogP contribution in [0.5, 0.6) is 0 Å². The average Bonchev–Trinajstić information content (AvgIpc) is 2.60. The maximum absolute atomic E-state index is 12.0. The molecule has 3 amide bonds. The molecule has 6 nitrogen and oxygen atoms in total. The van der Waals surface area contributed by atoms with Gasteiger partial charge in [0.1, 0.15) is 0 Å². The summed E-state index contributed by atoms with van der Waals surface area (Å²) in [6, 6.07) is 14.0. The van der Waals surface area contributed by atoms with Crippen molar-refractivity contribution in [3.8, 4) is 0 Å². The van der Waals surface area contributed by atoms with E-state index in [9.17, 15) is 14.4 Å². The summed E-state index contributed by atoms with van der Waals surface area (Å²) >= 11 is 0. The van der Waals surface area contributed by atoms with E-state index in [0.29, 0.717) is 23.4 Å². The number of nitrogens with one attached hydrogen (secondary N) is 3. The lowest BCUT2D eigenvalue weighted by molar-refractivity contribution is -0.116. The number of rotatable bonds is 6. The first-order chi connectivity index (χ1) is 12.0. The van der Waals surface area contributed by atoms with Gasteiger partial charge in [-0.1, -0.05) is 30.7 Å². The molecule has 0 heterocycles. The number of carbonyl (C=O) groups is 3. The van der Waals surface area contributed by atoms with Crippen molar-refractivity contribution in [1.29, 1.82) is 0 Å². The minimum Gasteiger partial charge on any atom is -0.343 e. The van der Waals surface area contributed by atoms with E-state index in [1.165, 1.54) is 0 Å². The number of anilines is 2. The summed E-state index contributed by atoms with van der Waals surface area (Å²) in [7, 11) is 0. The quantitative estimate of drug-likeness (QED) is 0.756.